The lowest BCUT2D eigenvalue weighted by molar-refractivity contribution is 0.316. The van der Waals surface area contributed by atoms with Crippen LogP contribution >= 0.6 is 0 Å². The second-order valence-corrected chi connectivity index (χ2v) is 6.21. The van der Waals surface area contributed by atoms with E-state index < -0.39 is 0 Å². The molecule has 0 unspecified atom stereocenters. The third-order valence-corrected chi connectivity index (χ3v) is 4.56. The Kier molecular flexibility index (Phi) is 5.24. The highest BCUT2D eigenvalue weighted by Gasteiger charge is 2.16. The molecule has 1 aromatic carbocycles. The van der Waals surface area contributed by atoms with Crippen LogP contribution in [0.25, 0.3) is 16.9 Å². The smallest absolute Gasteiger partial charge is 0.139 e. The lowest BCUT2D eigenvalue weighted by atomic mass is 10.1. The molecule has 3 rings (SSSR count). The second kappa shape index (κ2) is 7.57. The fourth-order valence-corrected chi connectivity index (χ4v) is 3.05. The van der Waals surface area contributed by atoms with Crippen LogP contribution in [-0.2, 0) is 0 Å². The monoisotopic (exact) mass is 338 g/mol. The molecule has 132 valence electrons. The Hall–Kier alpha value is -2.53. The Morgan fingerprint density at radius 1 is 1.16 bits per heavy atom. The summed E-state index contributed by atoms with van der Waals surface area (Å²) in [6, 6.07) is 11.5. The molecule has 0 aliphatic carbocycles. The molecule has 5 nitrogen and oxygen atoms in total. The van der Waals surface area contributed by atoms with Crippen molar-refractivity contribution in [3.8, 4) is 17.0 Å². The van der Waals surface area contributed by atoms with Gasteiger partial charge in [0.15, 0.2) is 0 Å². The number of anilines is 1. The zero-order valence-electron chi connectivity index (χ0n) is 15.2. The molecular formula is C20H26N4O. The summed E-state index contributed by atoms with van der Waals surface area (Å²) in [5, 5.41) is 13.8. The minimum absolute atomic E-state index is 0.245. The Morgan fingerprint density at radius 2 is 1.92 bits per heavy atom. The van der Waals surface area contributed by atoms with Crippen molar-refractivity contribution in [2.24, 2.45) is 0 Å². The summed E-state index contributed by atoms with van der Waals surface area (Å²) in [5.74, 6) is 1.16. The van der Waals surface area contributed by atoms with Gasteiger partial charge in [-0.15, -0.1) is 0 Å². The summed E-state index contributed by atoms with van der Waals surface area (Å²) in [6.45, 7) is 10.3. The number of hydrogen-bond acceptors (Lipinski definition) is 4. The number of aryl methyl sites for hydroxylation is 1. The van der Waals surface area contributed by atoms with Crippen LogP contribution in [0.5, 0.6) is 5.75 Å². The van der Waals surface area contributed by atoms with Crippen LogP contribution in [0.1, 0.15) is 19.4 Å². The van der Waals surface area contributed by atoms with Crippen molar-refractivity contribution in [3.05, 3.63) is 48.2 Å². The lowest BCUT2D eigenvalue weighted by Crippen LogP contribution is -2.28. The van der Waals surface area contributed by atoms with E-state index in [-0.39, 0.29) is 5.75 Å². The highest BCUT2D eigenvalue weighted by molar-refractivity contribution is 5.80. The van der Waals surface area contributed by atoms with Gasteiger partial charge in [-0.25, -0.2) is 4.98 Å². The molecule has 0 atom stereocenters. The number of likely N-dealkylation sites (N-methyl/N-ethyl adjacent to an activating group) is 1. The average molecular weight is 338 g/mol. The van der Waals surface area contributed by atoms with Crippen LogP contribution in [0.2, 0.25) is 0 Å². The Morgan fingerprint density at radius 3 is 2.64 bits per heavy atom. The number of pyridine rings is 1. The topological polar surface area (TPSA) is 52.8 Å². The molecule has 0 fully saturated rings. The number of aromatic hydroxyl groups is 1. The first kappa shape index (κ1) is 17.3. The van der Waals surface area contributed by atoms with E-state index in [1.807, 2.05) is 24.4 Å². The lowest BCUT2D eigenvalue weighted by Gasteiger charge is -2.18. The number of nitrogens with zero attached hydrogens (tertiary/aromatic N) is 3. The van der Waals surface area contributed by atoms with Gasteiger partial charge in [-0.05, 0) is 49.8 Å². The van der Waals surface area contributed by atoms with E-state index in [0.29, 0.717) is 0 Å². The third-order valence-electron chi connectivity index (χ3n) is 4.56. The quantitative estimate of drug-likeness (QED) is 0.688. The van der Waals surface area contributed by atoms with Gasteiger partial charge in [-0.3, -0.25) is 4.40 Å². The number of rotatable bonds is 7. The number of fused-ring (bicyclic) bond motifs is 1. The average Bonchev–Trinajstić information content (AvgIpc) is 2.96. The van der Waals surface area contributed by atoms with Crippen LogP contribution in [0.3, 0.4) is 0 Å². The number of hydrogen-bond donors (Lipinski definition) is 2. The van der Waals surface area contributed by atoms with E-state index in [1.54, 1.807) is 6.07 Å². The molecule has 3 aromatic rings. The van der Waals surface area contributed by atoms with E-state index in [4.69, 9.17) is 4.98 Å². The molecule has 5 heteroatoms. The van der Waals surface area contributed by atoms with Gasteiger partial charge in [-0.1, -0.05) is 26.0 Å². The van der Waals surface area contributed by atoms with E-state index in [2.05, 4.69) is 47.5 Å². The zero-order chi connectivity index (χ0) is 17.8. The van der Waals surface area contributed by atoms with Crippen molar-refractivity contribution in [3.63, 3.8) is 0 Å². The first-order valence-corrected chi connectivity index (χ1v) is 8.87. The zero-order valence-corrected chi connectivity index (χ0v) is 15.2. The number of aromatic nitrogens is 2. The van der Waals surface area contributed by atoms with Crippen molar-refractivity contribution in [2.45, 2.75) is 20.8 Å². The summed E-state index contributed by atoms with van der Waals surface area (Å²) in [7, 11) is 0. The number of phenols is 1. The number of phenolic OH excluding ortho intramolecular Hbond substituents is 1. The summed E-state index contributed by atoms with van der Waals surface area (Å²) >= 11 is 0. The molecule has 25 heavy (non-hydrogen) atoms. The molecule has 0 spiro atoms. The van der Waals surface area contributed by atoms with E-state index in [9.17, 15) is 5.11 Å². The molecule has 0 amide bonds. The maximum Gasteiger partial charge on any atom is 0.139 e. The van der Waals surface area contributed by atoms with Gasteiger partial charge in [0.1, 0.15) is 22.9 Å². The summed E-state index contributed by atoms with van der Waals surface area (Å²) in [5.41, 5.74) is 3.57. The molecule has 2 aromatic heterocycles. The molecule has 0 aliphatic rings. The second-order valence-electron chi connectivity index (χ2n) is 6.21. The maximum atomic E-state index is 10.3. The maximum absolute atomic E-state index is 10.3. The Labute approximate surface area is 148 Å². The minimum Gasteiger partial charge on any atom is -0.507 e. The number of imidazole rings is 1. The van der Waals surface area contributed by atoms with Gasteiger partial charge >= 0.3 is 0 Å². The van der Waals surface area contributed by atoms with Gasteiger partial charge in [0.05, 0.1) is 0 Å². The normalized spacial score (nSPS) is 11.4. The van der Waals surface area contributed by atoms with Gasteiger partial charge in [0.25, 0.3) is 0 Å². The van der Waals surface area contributed by atoms with Crippen LogP contribution in [0.4, 0.5) is 5.82 Å². The Bertz CT molecular complexity index is 852. The van der Waals surface area contributed by atoms with Crippen molar-refractivity contribution in [1.29, 1.82) is 0 Å². The molecule has 0 saturated carbocycles. The number of benzene rings is 1. The first-order chi connectivity index (χ1) is 12.1. The molecule has 0 radical (unpaired) electrons. The number of nitrogens with one attached hydrogen (secondary N) is 1. The molecule has 2 N–H and O–H groups in total. The van der Waals surface area contributed by atoms with E-state index in [1.165, 1.54) is 0 Å². The van der Waals surface area contributed by atoms with Crippen LogP contribution in [0.15, 0.2) is 42.6 Å². The Balaban J connectivity index is 1.99. The van der Waals surface area contributed by atoms with Crippen LogP contribution in [-0.4, -0.2) is 45.6 Å². The SMILES string of the molecule is CCN(CC)CCNc1c(-c2ccccc2O)nc2cc(C)ccn12. The molecule has 2 heterocycles. The third kappa shape index (κ3) is 3.61. The molecule has 0 bridgehead atoms. The standard InChI is InChI=1S/C20H26N4O/c1-4-23(5-2)13-11-21-20-19(16-8-6-7-9-17(16)25)22-18-14-15(3)10-12-24(18)20/h6-10,12,14,21,25H,4-5,11,13H2,1-3H3. The van der Waals surface area contributed by atoms with Crippen molar-refractivity contribution < 1.29 is 5.11 Å². The summed E-state index contributed by atoms with van der Waals surface area (Å²) in [6.07, 6.45) is 2.03. The van der Waals surface area contributed by atoms with E-state index in [0.717, 1.165) is 54.5 Å². The summed E-state index contributed by atoms with van der Waals surface area (Å²) in [4.78, 5) is 7.14. The van der Waals surface area contributed by atoms with Crippen molar-refractivity contribution >= 4 is 11.5 Å². The van der Waals surface area contributed by atoms with Crippen molar-refractivity contribution in [2.75, 3.05) is 31.5 Å². The predicted molar refractivity (Wildman–Crippen MR) is 103 cm³/mol. The minimum atomic E-state index is 0.245. The van der Waals surface area contributed by atoms with Gasteiger partial charge in [0, 0.05) is 24.8 Å². The van der Waals surface area contributed by atoms with E-state index >= 15 is 0 Å². The predicted octanol–water partition coefficient (Wildman–Crippen LogP) is 3.77. The van der Waals surface area contributed by atoms with Gasteiger partial charge in [-0.2, -0.15) is 0 Å². The highest BCUT2D eigenvalue weighted by Crippen LogP contribution is 2.34. The van der Waals surface area contributed by atoms with Crippen LogP contribution < -0.4 is 5.32 Å². The highest BCUT2D eigenvalue weighted by atomic mass is 16.3. The largest absolute Gasteiger partial charge is 0.507 e. The van der Waals surface area contributed by atoms with Crippen LogP contribution in [0, 0.1) is 6.92 Å². The molecule has 0 saturated heterocycles. The van der Waals surface area contributed by atoms with Gasteiger partial charge in [0.2, 0.25) is 0 Å². The van der Waals surface area contributed by atoms with Crippen molar-refractivity contribution in [1.82, 2.24) is 14.3 Å². The fourth-order valence-electron chi connectivity index (χ4n) is 3.05. The molecule has 0 aliphatic heterocycles. The van der Waals surface area contributed by atoms with Gasteiger partial charge < -0.3 is 15.3 Å². The summed E-state index contributed by atoms with van der Waals surface area (Å²) < 4.78 is 2.05. The number of para-hydroxylation sites is 1. The molecular weight excluding hydrogens is 312 g/mol. The first-order valence-electron chi connectivity index (χ1n) is 8.87. The fraction of sp³-hybridized carbons (Fsp3) is 0.350.